The van der Waals surface area contributed by atoms with E-state index in [1.165, 1.54) is 6.42 Å². The van der Waals surface area contributed by atoms with Gasteiger partial charge in [-0.1, -0.05) is 6.42 Å². The van der Waals surface area contributed by atoms with Gasteiger partial charge in [0.2, 0.25) is 11.8 Å². The zero-order valence-corrected chi connectivity index (χ0v) is 8.99. The molecular weight excluding hydrogens is 210 g/mol. The first-order chi connectivity index (χ1) is 7.66. The van der Waals surface area contributed by atoms with Gasteiger partial charge in [-0.3, -0.25) is 20.2 Å². The third-order valence-electron chi connectivity index (χ3n) is 3.00. The predicted molar refractivity (Wildman–Crippen MR) is 55.5 cm³/mol. The summed E-state index contributed by atoms with van der Waals surface area (Å²) in [4.78, 5) is 35.9. The van der Waals surface area contributed by atoms with Gasteiger partial charge >= 0.3 is 6.03 Å². The Kier molecular flexibility index (Phi) is 3.19. The Balaban J connectivity index is 1.94. The van der Waals surface area contributed by atoms with E-state index in [9.17, 15) is 14.4 Å². The molecule has 0 aromatic heterocycles. The Morgan fingerprint density at radius 1 is 1.00 bits per heavy atom. The molecule has 0 unspecified atom stereocenters. The van der Waals surface area contributed by atoms with E-state index in [2.05, 4.69) is 15.5 Å². The fraction of sp³-hybridized carbons (Fsp3) is 0.700. The van der Waals surface area contributed by atoms with Crippen molar-refractivity contribution in [1.29, 1.82) is 0 Å². The first-order valence-electron chi connectivity index (χ1n) is 5.55. The van der Waals surface area contributed by atoms with Gasteiger partial charge in [-0.05, 0) is 25.9 Å². The van der Waals surface area contributed by atoms with E-state index in [4.69, 9.17) is 0 Å². The van der Waals surface area contributed by atoms with Crippen molar-refractivity contribution in [2.24, 2.45) is 5.92 Å². The van der Waals surface area contributed by atoms with Crippen LogP contribution in [0.15, 0.2) is 0 Å². The number of hydrogen-bond donors (Lipinski definition) is 2. The minimum absolute atomic E-state index is 0.408. The third-order valence-corrected chi connectivity index (χ3v) is 3.00. The molecule has 4 amide bonds. The topological polar surface area (TPSA) is 78.5 Å². The van der Waals surface area contributed by atoms with E-state index in [0.29, 0.717) is 6.54 Å². The van der Waals surface area contributed by atoms with Gasteiger partial charge in [0, 0.05) is 6.54 Å². The van der Waals surface area contributed by atoms with Gasteiger partial charge in [0.1, 0.15) is 5.92 Å². The van der Waals surface area contributed by atoms with Crippen LogP contribution >= 0.6 is 0 Å². The molecule has 2 heterocycles. The van der Waals surface area contributed by atoms with Crippen LogP contribution in [-0.2, 0) is 9.59 Å². The molecule has 0 atom stereocenters. The highest BCUT2D eigenvalue weighted by atomic mass is 16.2. The lowest BCUT2D eigenvalue weighted by molar-refractivity contribution is -0.136. The molecule has 16 heavy (non-hydrogen) atoms. The summed E-state index contributed by atoms with van der Waals surface area (Å²) in [5.74, 6) is -1.73. The Morgan fingerprint density at radius 2 is 1.56 bits per heavy atom. The second-order valence-electron chi connectivity index (χ2n) is 4.22. The lowest BCUT2D eigenvalue weighted by Gasteiger charge is -2.30. The number of piperidine rings is 1. The molecule has 0 saturated carbocycles. The molecule has 88 valence electrons. The normalized spacial score (nSPS) is 24.1. The summed E-state index contributed by atoms with van der Waals surface area (Å²) in [5, 5.41) is 4.23. The quantitative estimate of drug-likeness (QED) is 0.618. The van der Waals surface area contributed by atoms with Crippen molar-refractivity contribution in [1.82, 2.24) is 15.5 Å². The van der Waals surface area contributed by atoms with Crippen LogP contribution < -0.4 is 10.6 Å². The molecule has 6 heteroatoms. The largest absolute Gasteiger partial charge is 0.328 e. The van der Waals surface area contributed by atoms with E-state index in [-0.39, 0.29) is 0 Å². The van der Waals surface area contributed by atoms with E-state index < -0.39 is 23.8 Å². The number of rotatable bonds is 2. The number of carbonyl (C=O) groups is 3. The summed E-state index contributed by atoms with van der Waals surface area (Å²) in [6, 6.07) is -0.718. The maximum atomic E-state index is 11.5. The minimum atomic E-state index is -0.754. The minimum Gasteiger partial charge on any atom is -0.302 e. The Bertz CT molecular complexity index is 303. The molecule has 2 N–H and O–H groups in total. The molecule has 2 aliphatic heterocycles. The second-order valence-corrected chi connectivity index (χ2v) is 4.22. The average molecular weight is 225 g/mol. The molecular formula is C10H15N3O3. The number of imide groups is 2. The van der Waals surface area contributed by atoms with Gasteiger partial charge < -0.3 is 4.90 Å². The Labute approximate surface area is 93.4 Å². The monoisotopic (exact) mass is 225 g/mol. The highest BCUT2D eigenvalue weighted by Crippen LogP contribution is 2.12. The summed E-state index contributed by atoms with van der Waals surface area (Å²) >= 11 is 0. The number of carbonyl (C=O) groups excluding carboxylic acids is 3. The number of barbiturate groups is 1. The van der Waals surface area contributed by atoms with Gasteiger partial charge in [-0.2, -0.15) is 0 Å². The first-order valence-corrected chi connectivity index (χ1v) is 5.55. The van der Waals surface area contributed by atoms with Gasteiger partial charge in [-0.15, -0.1) is 0 Å². The maximum absolute atomic E-state index is 11.5. The number of likely N-dealkylation sites (tertiary alicyclic amines) is 1. The highest BCUT2D eigenvalue weighted by molar-refractivity contribution is 6.16. The zero-order valence-electron chi connectivity index (χ0n) is 8.99. The van der Waals surface area contributed by atoms with Crippen LogP contribution in [0.3, 0.4) is 0 Å². The van der Waals surface area contributed by atoms with Crippen molar-refractivity contribution in [3.63, 3.8) is 0 Å². The molecule has 2 fully saturated rings. The van der Waals surface area contributed by atoms with Crippen LogP contribution in [0.4, 0.5) is 4.79 Å². The van der Waals surface area contributed by atoms with Crippen molar-refractivity contribution in [3.05, 3.63) is 0 Å². The zero-order chi connectivity index (χ0) is 11.5. The van der Waals surface area contributed by atoms with Gasteiger partial charge in [0.05, 0.1) is 0 Å². The average Bonchev–Trinajstić information content (AvgIpc) is 2.25. The number of urea groups is 1. The maximum Gasteiger partial charge on any atom is 0.328 e. The molecule has 0 spiro atoms. The van der Waals surface area contributed by atoms with Crippen molar-refractivity contribution in [2.75, 3.05) is 19.6 Å². The first kappa shape index (κ1) is 11.1. The summed E-state index contributed by atoms with van der Waals surface area (Å²) < 4.78 is 0. The number of nitrogens with zero attached hydrogens (tertiary/aromatic N) is 1. The van der Waals surface area contributed by atoms with E-state index in [1.807, 2.05) is 0 Å². The van der Waals surface area contributed by atoms with Crippen LogP contribution in [0.25, 0.3) is 0 Å². The molecule has 6 nitrogen and oxygen atoms in total. The fourth-order valence-corrected chi connectivity index (χ4v) is 2.11. The van der Waals surface area contributed by atoms with Gasteiger partial charge in [0.25, 0.3) is 0 Å². The van der Waals surface area contributed by atoms with Crippen molar-refractivity contribution >= 4 is 17.8 Å². The van der Waals surface area contributed by atoms with E-state index >= 15 is 0 Å². The standard InChI is InChI=1S/C10H15N3O3/c14-8-7(9(15)12-10(16)11-8)6-13-4-2-1-3-5-13/h7H,1-6H2,(H2,11,12,14,15,16). The molecule has 2 rings (SSSR count). The second kappa shape index (κ2) is 4.61. The summed E-state index contributed by atoms with van der Waals surface area (Å²) in [6.45, 7) is 2.25. The SMILES string of the molecule is O=C1NC(=O)C(CN2CCCCC2)C(=O)N1. The molecule has 0 bridgehead atoms. The summed E-state index contributed by atoms with van der Waals surface area (Å²) in [5.41, 5.74) is 0. The molecule has 2 saturated heterocycles. The van der Waals surface area contributed by atoms with Crippen LogP contribution in [0.2, 0.25) is 0 Å². The van der Waals surface area contributed by atoms with Gasteiger partial charge in [-0.25, -0.2) is 4.79 Å². The number of amides is 4. The summed E-state index contributed by atoms with van der Waals surface area (Å²) in [6.07, 6.45) is 3.42. The van der Waals surface area contributed by atoms with E-state index in [0.717, 1.165) is 25.9 Å². The van der Waals surface area contributed by atoms with Crippen LogP contribution in [0, 0.1) is 5.92 Å². The highest BCUT2D eigenvalue weighted by Gasteiger charge is 2.35. The van der Waals surface area contributed by atoms with Crippen molar-refractivity contribution in [3.8, 4) is 0 Å². The van der Waals surface area contributed by atoms with Crippen LogP contribution in [0.1, 0.15) is 19.3 Å². The third kappa shape index (κ3) is 2.38. The lowest BCUT2D eigenvalue weighted by Crippen LogP contribution is -2.58. The summed E-state index contributed by atoms with van der Waals surface area (Å²) in [7, 11) is 0. The van der Waals surface area contributed by atoms with Crippen LogP contribution in [0.5, 0.6) is 0 Å². The molecule has 0 aromatic carbocycles. The lowest BCUT2D eigenvalue weighted by atomic mass is 10.0. The molecule has 0 aliphatic carbocycles. The molecule has 2 aliphatic rings. The molecule has 0 radical (unpaired) electrons. The Hall–Kier alpha value is -1.43. The fourth-order valence-electron chi connectivity index (χ4n) is 2.11. The van der Waals surface area contributed by atoms with Crippen LogP contribution in [-0.4, -0.2) is 42.4 Å². The predicted octanol–water partition coefficient (Wildman–Crippen LogP) is -0.546. The van der Waals surface area contributed by atoms with Gasteiger partial charge in [0.15, 0.2) is 0 Å². The number of hydrogen-bond acceptors (Lipinski definition) is 4. The van der Waals surface area contributed by atoms with E-state index in [1.54, 1.807) is 0 Å². The van der Waals surface area contributed by atoms with Crippen molar-refractivity contribution in [2.45, 2.75) is 19.3 Å². The number of nitrogens with one attached hydrogen (secondary N) is 2. The smallest absolute Gasteiger partial charge is 0.302 e. The molecule has 0 aromatic rings. The van der Waals surface area contributed by atoms with Crippen molar-refractivity contribution < 1.29 is 14.4 Å². The Morgan fingerprint density at radius 3 is 2.12 bits per heavy atom.